The van der Waals surface area contributed by atoms with Crippen molar-refractivity contribution in [3.05, 3.63) is 40.6 Å². The summed E-state index contributed by atoms with van der Waals surface area (Å²) in [6.45, 7) is 4.66. The summed E-state index contributed by atoms with van der Waals surface area (Å²) in [5, 5.41) is 3.97. The van der Waals surface area contributed by atoms with Gasteiger partial charge in [0.05, 0.1) is 10.7 Å². The Morgan fingerprint density at radius 3 is 3.05 bits per heavy atom. The molecule has 4 nitrogen and oxygen atoms in total. The van der Waals surface area contributed by atoms with E-state index in [0.717, 1.165) is 33.6 Å². The fourth-order valence-electron chi connectivity index (χ4n) is 2.18. The normalized spacial score (nSPS) is 16.7. The van der Waals surface area contributed by atoms with E-state index in [1.807, 2.05) is 48.5 Å². The van der Waals surface area contributed by atoms with Crippen LogP contribution in [0.1, 0.15) is 19.5 Å². The lowest BCUT2D eigenvalue weighted by molar-refractivity contribution is -0.131. The Morgan fingerprint density at radius 2 is 2.32 bits per heavy atom. The molecule has 1 amide bonds. The lowest BCUT2D eigenvalue weighted by atomic mass is 10.2. The number of nitrogens with zero attached hydrogens (tertiary/aromatic N) is 3. The highest BCUT2D eigenvalue weighted by molar-refractivity contribution is 8.03. The first-order chi connectivity index (χ1) is 10.6. The van der Waals surface area contributed by atoms with E-state index in [1.54, 1.807) is 29.3 Å². The van der Waals surface area contributed by atoms with Crippen molar-refractivity contribution in [3.8, 4) is 10.6 Å². The zero-order chi connectivity index (χ0) is 15.5. The maximum Gasteiger partial charge on any atom is 0.229 e. The van der Waals surface area contributed by atoms with Crippen molar-refractivity contribution in [1.29, 1.82) is 0 Å². The molecule has 1 saturated heterocycles. The predicted molar refractivity (Wildman–Crippen MR) is 92.3 cm³/mol. The third kappa shape index (κ3) is 3.23. The monoisotopic (exact) mass is 331 g/mol. The molecule has 3 rings (SSSR count). The van der Waals surface area contributed by atoms with E-state index in [-0.39, 0.29) is 11.8 Å². The molecule has 114 valence electrons. The Bertz CT molecular complexity index is 694. The summed E-state index contributed by atoms with van der Waals surface area (Å²) in [5.74, 6) is 1.15. The molecule has 0 atom stereocenters. The second-order valence-corrected chi connectivity index (χ2v) is 7.27. The van der Waals surface area contributed by atoms with Crippen LogP contribution in [0.4, 0.5) is 0 Å². The fourth-order valence-corrected chi connectivity index (χ4v) is 3.97. The maximum atomic E-state index is 12.2. The van der Waals surface area contributed by atoms with Crippen LogP contribution < -0.4 is 0 Å². The summed E-state index contributed by atoms with van der Waals surface area (Å²) in [7, 11) is 0. The number of hydrogen-bond donors (Lipinski definition) is 0. The third-order valence-corrected chi connectivity index (χ3v) is 5.22. The van der Waals surface area contributed by atoms with E-state index in [9.17, 15) is 4.79 Å². The van der Waals surface area contributed by atoms with E-state index in [2.05, 4.69) is 9.97 Å². The molecular weight excluding hydrogens is 314 g/mol. The van der Waals surface area contributed by atoms with Gasteiger partial charge in [0, 0.05) is 41.6 Å². The quantitative estimate of drug-likeness (QED) is 0.859. The zero-order valence-electron chi connectivity index (χ0n) is 12.5. The van der Waals surface area contributed by atoms with Crippen molar-refractivity contribution in [2.45, 2.75) is 13.8 Å². The van der Waals surface area contributed by atoms with Crippen molar-refractivity contribution in [2.24, 2.45) is 5.92 Å². The van der Waals surface area contributed by atoms with Gasteiger partial charge in [0.25, 0.3) is 0 Å². The topological polar surface area (TPSA) is 46.1 Å². The molecule has 2 aromatic rings. The average molecular weight is 331 g/mol. The van der Waals surface area contributed by atoms with E-state index in [4.69, 9.17) is 0 Å². The first-order valence-electron chi connectivity index (χ1n) is 7.17. The van der Waals surface area contributed by atoms with Crippen LogP contribution in [-0.4, -0.2) is 33.1 Å². The first-order valence-corrected chi connectivity index (χ1v) is 9.03. The summed E-state index contributed by atoms with van der Waals surface area (Å²) in [6.07, 6.45) is 5.58. The van der Waals surface area contributed by atoms with Crippen LogP contribution in [0, 0.1) is 5.92 Å². The highest BCUT2D eigenvalue weighted by Crippen LogP contribution is 2.32. The van der Waals surface area contributed by atoms with Crippen molar-refractivity contribution in [1.82, 2.24) is 14.9 Å². The fraction of sp³-hybridized carbons (Fsp3) is 0.312. The minimum Gasteiger partial charge on any atom is -0.306 e. The van der Waals surface area contributed by atoms with Crippen molar-refractivity contribution in [2.75, 3.05) is 12.3 Å². The highest BCUT2D eigenvalue weighted by atomic mass is 32.2. The SMILES string of the molecule is CC(C)C(=O)N1CCS/C1=C/c1csc(-c2cccnc2)n1. The zero-order valence-corrected chi connectivity index (χ0v) is 14.2. The predicted octanol–water partition coefficient (Wildman–Crippen LogP) is 3.73. The number of thioether (sulfide) groups is 1. The number of hydrogen-bond acceptors (Lipinski definition) is 5. The van der Waals surface area contributed by atoms with Crippen LogP contribution in [0.5, 0.6) is 0 Å². The van der Waals surface area contributed by atoms with Crippen LogP contribution in [0.25, 0.3) is 16.6 Å². The Kier molecular flexibility index (Phi) is 4.59. The highest BCUT2D eigenvalue weighted by Gasteiger charge is 2.26. The van der Waals surface area contributed by atoms with E-state index >= 15 is 0 Å². The standard InChI is InChI=1S/C16H17N3OS2/c1-11(2)16(20)19-6-7-21-14(19)8-13-10-22-15(18-13)12-4-3-5-17-9-12/h3-5,8-11H,6-7H2,1-2H3/b14-8+. The van der Waals surface area contributed by atoms with Gasteiger partial charge in [0.1, 0.15) is 5.01 Å². The summed E-state index contributed by atoms with van der Waals surface area (Å²) in [4.78, 5) is 22.8. The van der Waals surface area contributed by atoms with Gasteiger partial charge < -0.3 is 4.90 Å². The van der Waals surface area contributed by atoms with Gasteiger partial charge in [-0.2, -0.15) is 0 Å². The molecule has 1 aliphatic heterocycles. The van der Waals surface area contributed by atoms with Crippen LogP contribution in [0.3, 0.4) is 0 Å². The average Bonchev–Trinajstić information content (AvgIpc) is 3.17. The Hall–Kier alpha value is -1.66. The van der Waals surface area contributed by atoms with Crippen molar-refractivity contribution < 1.29 is 4.79 Å². The van der Waals surface area contributed by atoms with Gasteiger partial charge in [-0.1, -0.05) is 13.8 Å². The van der Waals surface area contributed by atoms with E-state index in [0.29, 0.717) is 0 Å². The number of thiazole rings is 1. The summed E-state index contributed by atoms with van der Waals surface area (Å²) >= 11 is 3.31. The minimum absolute atomic E-state index is 0.0171. The Morgan fingerprint density at radius 1 is 1.45 bits per heavy atom. The van der Waals surface area contributed by atoms with Gasteiger partial charge in [-0.05, 0) is 18.2 Å². The van der Waals surface area contributed by atoms with Crippen LogP contribution >= 0.6 is 23.1 Å². The molecule has 3 heterocycles. The van der Waals surface area contributed by atoms with Crippen LogP contribution in [0.2, 0.25) is 0 Å². The van der Waals surface area contributed by atoms with Gasteiger partial charge >= 0.3 is 0 Å². The second-order valence-electron chi connectivity index (χ2n) is 5.29. The number of amides is 1. The molecule has 2 aromatic heterocycles. The number of carbonyl (C=O) groups is 1. The molecule has 0 saturated carbocycles. The molecule has 0 aliphatic carbocycles. The summed E-state index contributed by atoms with van der Waals surface area (Å²) < 4.78 is 0. The first kappa shape index (κ1) is 15.2. The third-order valence-electron chi connectivity index (χ3n) is 3.29. The molecule has 22 heavy (non-hydrogen) atoms. The van der Waals surface area contributed by atoms with Gasteiger partial charge in [-0.15, -0.1) is 23.1 Å². The van der Waals surface area contributed by atoms with E-state index < -0.39 is 0 Å². The number of carbonyl (C=O) groups excluding carboxylic acids is 1. The molecule has 1 aliphatic rings. The molecule has 0 spiro atoms. The molecule has 0 unspecified atom stereocenters. The molecule has 0 bridgehead atoms. The summed E-state index contributed by atoms with van der Waals surface area (Å²) in [5.41, 5.74) is 1.92. The lowest BCUT2D eigenvalue weighted by Gasteiger charge is -2.18. The molecule has 0 N–H and O–H groups in total. The second kappa shape index (κ2) is 6.62. The van der Waals surface area contributed by atoms with Crippen molar-refractivity contribution >= 4 is 35.1 Å². The minimum atomic E-state index is 0.0171. The van der Waals surface area contributed by atoms with Gasteiger partial charge in [0.2, 0.25) is 5.91 Å². The molecular formula is C16H17N3OS2. The Balaban J connectivity index is 1.83. The van der Waals surface area contributed by atoms with Gasteiger partial charge in [-0.3, -0.25) is 9.78 Å². The van der Waals surface area contributed by atoms with Crippen molar-refractivity contribution in [3.63, 3.8) is 0 Å². The van der Waals surface area contributed by atoms with Gasteiger partial charge in [-0.25, -0.2) is 4.98 Å². The number of pyridine rings is 1. The van der Waals surface area contributed by atoms with Gasteiger partial charge in [0.15, 0.2) is 0 Å². The smallest absolute Gasteiger partial charge is 0.229 e. The molecule has 0 aromatic carbocycles. The number of rotatable bonds is 3. The van der Waals surface area contributed by atoms with Crippen LogP contribution in [-0.2, 0) is 4.79 Å². The maximum absolute atomic E-state index is 12.2. The lowest BCUT2D eigenvalue weighted by Crippen LogP contribution is -2.30. The molecule has 0 radical (unpaired) electrons. The number of aromatic nitrogens is 2. The molecule has 6 heteroatoms. The Labute approximate surface area is 138 Å². The largest absolute Gasteiger partial charge is 0.306 e. The van der Waals surface area contributed by atoms with Crippen LogP contribution in [0.15, 0.2) is 34.9 Å². The molecule has 1 fully saturated rings. The summed E-state index contributed by atoms with van der Waals surface area (Å²) in [6, 6.07) is 3.91. The van der Waals surface area contributed by atoms with E-state index in [1.165, 1.54) is 0 Å².